The molecule has 0 saturated carbocycles. The zero-order chi connectivity index (χ0) is 16.8. The van der Waals surface area contributed by atoms with Gasteiger partial charge in [0.1, 0.15) is 0 Å². The van der Waals surface area contributed by atoms with Crippen LogP contribution < -0.4 is 9.47 Å². The molecule has 0 spiro atoms. The number of aromatic nitrogens is 3. The van der Waals surface area contributed by atoms with Crippen LogP contribution in [0.3, 0.4) is 0 Å². The molecule has 2 aromatic carbocycles. The number of nitrogens with zero attached hydrogens (tertiary/aromatic N) is 3. The van der Waals surface area contributed by atoms with Crippen molar-refractivity contribution >= 4 is 32.6 Å². The molecule has 5 nitrogen and oxygen atoms in total. The largest absolute Gasteiger partial charge is 0.479 e. The van der Waals surface area contributed by atoms with E-state index >= 15 is 0 Å². The molecule has 2 heterocycles. The summed E-state index contributed by atoms with van der Waals surface area (Å²) in [6, 6.07) is 10.6. The van der Waals surface area contributed by atoms with E-state index in [2.05, 4.69) is 59.1 Å². The smallest absolute Gasteiger partial charge is 0.241 e. The number of methoxy groups -OCH3 is 2. The summed E-state index contributed by atoms with van der Waals surface area (Å²) in [6.07, 6.45) is 0.864. The maximum absolute atomic E-state index is 5.49. The van der Waals surface area contributed by atoms with E-state index in [-0.39, 0.29) is 0 Å². The molecule has 0 fully saturated rings. The van der Waals surface area contributed by atoms with Gasteiger partial charge in [0, 0.05) is 23.3 Å². The Morgan fingerprint density at radius 3 is 2.38 bits per heavy atom. The van der Waals surface area contributed by atoms with Crippen LogP contribution in [0.2, 0.25) is 0 Å². The lowest BCUT2D eigenvalue weighted by Crippen LogP contribution is -2.01. The fraction of sp³-hybridized carbons (Fsp3) is 0.263. The molecule has 5 heteroatoms. The standard InChI is InChI=1S/C19H19N3O2/c1-5-11-16-14(18(23-3)20-21-19(16)24-4)10-13-12-8-6-7-9-15(12)22(2)17(11)13/h6-10H,5H2,1-4H3. The zero-order valence-corrected chi connectivity index (χ0v) is 14.3. The minimum atomic E-state index is 0.523. The minimum absolute atomic E-state index is 0.523. The second-order valence-corrected chi connectivity index (χ2v) is 5.82. The van der Waals surface area contributed by atoms with E-state index < -0.39 is 0 Å². The number of fused-ring (bicyclic) bond motifs is 4. The van der Waals surface area contributed by atoms with Crippen LogP contribution in [0, 0.1) is 0 Å². The molecule has 4 rings (SSSR count). The first-order valence-corrected chi connectivity index (χ1v) is 7.98. The Bertz CT molecular complexity index is 1080. The maximum Gasteiger partial charge on any atom is 0.241 e. The first-order valence-electron chi connectivity index (χ1n) is 7.98. The highest BCUT2D eigenvalue weighted by Gasteiger charge is 2.20. The van der Waals surface area contributed by atoms with E-state index in [1.165, 1.54) is 27.4 Å². The van der Waals surface area contributed by atoms with Gasteiger partial charge < -0.3 is 14.0 Å². The first-order chi connectivity index (χ1) is 11.7. The second kappa shape index (κ2) is 5.37. The lowest BCUT2D eigenvalue weighted by molar-refractivity contribution is 0.375. The Balaban J connectivity index is 2.34. The maximum atomic E-state index is 5.49. The van der Waals surface area contributed by atoms with Crippen LogP contribution in [0.15, 0.2) is 30.3 Å². The highest BCUT2D eigenvalue weighted by molar-refractivity contribution is 6.16. The lowest BCUT2D eigenvalue weighted by Gasteiger charge is -2.13. The molecule has 122 valence electrons. The van der Waals surface area contributed by atoms with Gasteiger partial charge in [0.05, 0.1) is 30.5 Å². The fourth-order valence-electron chi connectivity index (χ4n) is 3.68. The van der Waals surface area contributed by atoms with Gasteiger partial charge in [-0.2, -0.15) is 0 Å². The number of para-hydroxylation sites is 1. The summed E-state index contributed by atoms with van der Waals surface area (Å²) in [5.74, 6) is 1.06. The molecule has 0 aliphatic rings. The average molecular weight is 321 g/mol. The highest BCUT2D eigenvalue weighted by atomic mass is 16.5. The number of benzene rings is 2. The molecule has 0 radical (unpaired) electrons. The molecular formula is C19H19N3O2. The zero-order valence-electron chi connectivity index (χ0n) is 14.3. The molecule has 0 amide bonds. The quantitative estimate of drug-likeness (QED) is 0.575. The molecule has 0 unspecified atom stereocenters. The highest BCUT2D eigenvalue weighted by Crippen LogP contribution is 2.40. The van der Waals surface area contributed by atoms with Gasteiger partial charge in [-0.15, -0.1) is 10.2 Å². The van der Waals surface area contributed by atoms with Crippen molar-refractivity contribution in [3.8, 4) is 11.8 Å². The molecule has 4 aromatic rings. The van der Waals surface area contributed by atoms with Crippen LogP contribution in [0.4, 0.5) is 0 Å². The summed E-state index contributed by atoms with van der Waals surface area (Å²) < 4.78 is 13.2. The van der Waals surface area contributed by atoms with Gasteiger partial charge in [-0.3, -0.25) is 0 Å². The first kappa shape index (κ1) is 14.8. The van der Waals surface area contributed by atoms with Crippen molar-refractivity contribution in [1.29, 1.82) is 0 Å². The summed E-state index contributed by atoms with van der Waals surface area (Å²) in [7, 11) is 5.35. The van der Waals surface area contributed by atoms with E-state index in [1.54, 1.807) is 14.2 Å². The van der Waals surface area contributed by atoms with Gasteiger partial charge >= 0.3 is 0 Å². The molecule has 2 aromatic heterocycles. The van der Waals surface area contributed by atoms with Crippen molar-refractivity contribution in [3.05, 3.63) is 35.9 Å². The molecule has 0 N–H and O–H groups in total. The van der Waals surface area contributed by atoms with Gasteiger partial charge in [0.2, 0.25) is 11.8 Å². The minimum Gasteiger partial charge on any atom is -0.479 e. The Hall–Kier alpha value is -2.82. The van der Waals surface area contributed by atoms with Crippen molar-refractivity contribution in [3.63, 3.8) is 0 Å². The average Bonchev–Trinajstić information content (AvgIpc) is 2.92. The van der Waals surface area contributed by atoms with Crippen LogP contribution >= 0.6 is 0 Å². The predicted molar refractivity (Wildman–Crippen MR) is 96.0 cm³/mol. The van der Waals surface area contributed by atoms with E-state index in [9.17, 15) is 0 Å². The summed E-state index contributed by atoms with van der Waals surface area (Å²) >= 11 is 0. The monoisotopic (exact) mass is 321 g/mol. The van der Waals surface area contributed by atoms with Crippen molar-refractivity contribution < 1.29 is 9.47 Å². The van der Waals surface area contributed by atoms with Crippen molar-refractivity contribution in [2.45, 2.75) is 13.3 Å². The molecule has 0 bridgehead atoms. The van der Waals surface area contributed by atoms with Crippen molar-refractivity contribution in [2.24, 2.45) is 7.05 Å². The lowest BCUT2D eigenvalue weighted by atomic mass is 10.00. The number of hydrogen-bond donors (Lipinski definition) is 0. The number of aryl methyl sites for hydroxylation is 2. The topological polar surface area (TPSA) is 49.2 Å². The summed E-state index contributed by atoms with van der Waals surface area (Å²) in [5.41, 5.74) is 3.61. The van der Waals surface area contributed by atoms with Gasteiger partial charge in [0.15, 0.2) is 0 Å². The molecule has 0 atom stereocenters. The van der Waals surface area contributed by atoms with E-state index in [0.717, 1.165) is 17.2 Å². The van der Waals surface area contributed by atoms with Crippen molar-refractivity contribution in [1.82, 2.24) is 14.8 Å². The third-order valence-corrected chi connectivity index (χ3v) is 4.71. The molecule has 24 heavy (non-hydrogen) atoms. The molecule has 0 aliphatic heterocycles. The third-order valence-electron chi connectivity index (χ3n) is 4.71. The Kier molecular flexibility index (Phi) is 3.30. The van der Waals surface area contributed by atoms with E-state index in [4.69, 9.17) is 9.47 Å². The Labute approximate surface area is 139 Å². The number of hydrogen-bond acceptors (Lipinski definition) is 4. The SMILES string of the molecule is CCc1c2c(OC)nnc(OC)c2cc2c3ccccc3n(C)c12. The van der Waals surface area contributed by atoms with Crippen LogP contribution in [0.5, 0.6) is 11.8 Å². The van der Waals surface area contributed by atoms with E-state index in [1.807, 2.05) is 0 Å². The normalized spacial score (nSPS) is 11.5. The van der Waals surface area contributed by atoms with E-state index in [0.29, 0.717) is 11.8 Å². The Morgan fingerprint density at radius 1 is 0.958 bits per heavy atom. The van der Waals surface area contributed by atoms with Crippen LogP contribution in [-0.2, 0) is 13.5 Å². The van der Waals surface area contributed by atoms with Gasteiger partial charge in [-0.25, -0.2) is 0 Å². The van der Waals surface area contributed by atoms with Crippen LogP contribution in [-0.4, -0.2) is 29.0 Å². The number of ether oxygens (including phenoxy) is 2. The predicted octanol–water partition coefficient (Wildman–Crippen LogP) is 3.85. The molecule has 0 aliphatic carbocycles. The third kappa shape index (κ3) is 1.81. The van der Waals surface area contributed by atoms with Crippen LogP contribution in [0.25, 0.3) is 32.6 Å². The molecule has 0 saturated heterocycles. The van der Waals surface area contributed by atoms with Gasteiger partial charge in [-0.1, -0.05) is 25.1 Å². The summed E-state index contributed by atoms with van der Waals surface area (Å²) in [4.78, 5) is 0. The fourth-order valence-corrected chi connectivity index (χ4v) is 3.68. The van der Waals surface area contributed by atoms with Crippen molar-refractivity contribution in [2.75, 3.05) is 14.2 Å². The van der Waals surface area contributed by atoms with Crippen LogP contribution in [0.1, 0.15) is 12.5 Å². The summed E-state index contributed by atoms with van der Waals surface area (Å²) in [5, 5.41) is 12.7. The number of rotatable bonds is 3. The molecular weight excluding hydrogens is 302 g/mol. The van der Waals surface area contributed by atoms with Gasteiger partial charge in [0.25, 0.3) is 0 Å². The Morgan fingerprint density at radius 2 is 1.67 bits per heavy atom. The summed E-state index contributed by atoms with van der Waals surface area (Å²) in [6.45, 7) is 2.15. The van der Waals surface area contributed by atoms with Gasteiger partial charge in [-0.05, 0) is 24.1 Å². The second-order valence-electron chi connectivity index (χ2n) is 5.82.